The highest BCUT2D eigenvalue weighted by atomic mass is 127. The first-order valence-corrected chi connectivity index (χ1v) is 10.8. The van der Waals surface area contributed by atoms with Gasteiger partial charge < -0.3 is 20.4 Å². The van der Waals surface area contributed by atoms with Gasteiger partial charge in [-0.25, -0.2) is 0 Å². The van der Waals surface area contributed by atoms with E-state index in [1.165, 1.54) is 82.5 Å². The molecule has 28 heavy (non-hydrogen) atoms. The van der Waals surface area contributed by atoms with Crippen molar-refractivity contribution in [1.29, 1.82) is 0 Å². The van der Waals surface area contributed by atoms with Gasteiger partial charge >= 0.3 is 0 Å². The van der Waals surface area contributed by atoms with Crippen LogP contribution in [-0.4, -0.2) is 57.2 Å². The molecule has 2 aliphatic heterocycles. The predicted molar refractivity (Wildman–Crippen MR) is 131 cm³/mol. The lowest BCUT2D eigenvalue weighted by atomic mass is 10.1. The van der Waals surface area contributed by atoms with E-state index in [0.717, 1.165) is 12.5 Å². The number of rotatable bonds is 8. The standard InChI is InChI=1S/C22H37N5.HI/c1-19(20-10-9-11-21(18-20)27-16-7-8-17-27)25-22(23-2)24-12-3-4-13-26-14-5-6-15-26;/h9-11,18-19H,3-8,12-17H2,1-2H3,(H2,23,24,25);1H. The zero-order valence-corrected chi connectivity index (χ0v) is 20.0. The molecule has 0 aromatic heterocycles. The summed E-state index contributed by atoms with van der Waals surface area (Å²) in [4.78, 5) is 9.48. The second-order valence-corrected chi connectivity index (χ2v) is 7.91. The van der Waals surface area contributed by atoms with Gasteiger partial charge in [0.05, 0.1) is 6.04 Å². The van der Waals surface area contributed by atoms with Gasteiger partial charge in [0, 0.05) is 32.4 Å². The molecule has 0 amide bonds. The second kappa shape index (κ2) is 12.5. The molecule has 0 radical (unpaired) electrons. The van der Waals surface area contributed by atoms with Crippen molar-refractivity contribution < 1.29 is 0 Å². The summed E-state index contributed by atoms with van der Waals surface area (Å²) in [6.07, 6.45) is 7.84. The van der Waals surface area contributed by atoms with Crippen LogP contribution < -0.4 is 15.5 Å². The summed E-state index contributed by atoms with van der Waals surface area (Å²) < 4.78 is 0. The Labute approximate surface area is 188 Å². The summed E-state index contributed by atoms with van der Waals surface area (Å²) in [6.45, 7) is 9.40. The van der Waals surface area contributed by atoms with Gasteiger partial charge in [-0.05, 0) is 82.8 Å². The van der Waals surface area contributed by atoms with E-state index in [9.17, 15) is 0 Å². The topological polar surface area (TPSA) is 42.9 Å². The molecule has 0 saturated carbocycles. The van der Waals surface area contributed by atoms with Crippen molar-refractivity contribution in [1.82, 2.24) is 15.5 Å². The maximum absolute atomic E-state index is 4.40. The minimum Gasteiger partial charge on any atom is -0.372 e. The molecular formula is C22H38IN5. The summed E-state index contributed by atoms with van der Waals surface area (Å²) in [6, 6.07) is 9.18. The lowest BCUT2D eigenvalue weighted by molar-refractivity contribution is 0.330. The van der Waals surface area contributed by atoms with Gasteiger partial charge in [0.25, 0.3) is 0 Å². The van der Waals surface area contributed by atoms with Gasteiger partial charge in [-0.1, -0.05) is 12.1 Å². The van der Waals surface area contributed by atoms with Crippen molar-refractivity contribution in [3.63, 3.8) is 0 Å². The number of halogens is 1. The average molecular weight is 499 g/mol. The van der Waals surface area contributed by atoms with Crippen molar-refractivity contribution in [3.8, 4) is 0 Å². The van der Waals surface area contributed by atoms with Gasteiger partial charge in [-0.15, -0.1) is 24.0 Å². The van der Waals surface area contributed by atoms with E-state index < -0.39 is 0 Å². The Morgan fingerprint density at radius 3 is 2.50 bits per heavy atom. The third kappa shape index (κ3) is 7.10. The quantitative estimate of drug-likeness (QED) is 0.246. The molecular weight excluding hydrogens is 461 g/mol. The van der Waals surface area contributed by atoms with Crippen LogP contribution in [-0.2, 0) is 0 Å². The fourth-order valence-corrected chi connectivity index (χ4v) is 4.12. The number of hydrogen-bond donors (Lipinski definition) is 2. The molecule has 2 saturated heterocycles. The van der Waals surface area contributed by atoms with Gasteiger partial charge in [0.2, 0.25) is 0 Å². The zero-order chi connectivity index (χ0) is 18.9. The summed E-state index contributed by atoms with van der Waals surface area (Å²) in [5.41, 5.74) is 2.67. The van der Waals surface area contributed by atoms with Crippen LogP contribution in [0.5, 0.6) is 0 Å². The highest BCUT2D eigenvalue weighted by molar-refractivity contribution is 14.0. The molecule has 6 heteroatoms. The summed E-state index contributed by atoms with van der Waals surface area (Å²) >= 11 is 0. The van der Waals surface area contributed by atoms with Crippen LogP contribution in [0.2, 0.25) is 0 Å². The van der Waals surface area contributed by atoms with E-state index >= 15 is 0 Å². The Morgan fingerprint density at radius 1 is 1.07 bits per heavy atom. The maximum atomic E-state index is 4.40. The third-order valence-electron chi connectivity index (χ3n) is 5.81. The smallest absolute Gasteiger partial charge is 0.191 e. The van der Waals surface area contributed by atoms with Crippen LogP contribution in [0.4, 0.5) is 5.69 Å². The monoisotopic (exact) mass is 499 g/mol. The molecule has 2 N–H and O–H groups in total. The Balaban J connectivity index is 0.00000280. The first kappa shape index (κ1) is 23.3. The molecule has 2 fully saturated rings. The summed E-state index contributed by atoms with van der Waals surface area (Å²) in [7, 11) is 1.85. The van der Waals surface area contributed by atoms with Gasteiger partial charge in [-0.3, -0.25) is 4.99 Å². The minimum atomic E-state index is 0. The van der Waals surface area contributed by atoms with Crippen molar-refractivity contribution in [2.75, 3.05) is 51.2 Å². The van der Waals surface area contributed by atoms with E-state index in [1.807, 2.05) is 7.05 Å². The van der Waals surface area contributed by atoms with Gasteiger partial charge in [-0.2, -0.15) is 0 Å². The van der Waals surface area contributed by atoms with E-state index in [1.54, 1.807) is 0 Å². The molecule has 0 spiro atoms. The zero-order valence-electron chi connectivity index (χ0n) is 17.6. The molecule has 5 nitrogen and oxygen atoms in total. The normalized spacial score (nSPS) is 18.8. The highest BCUT2D eigenvalue weighted by Crippen LogP contribution is 2.23. The largest absolute Gasteiger partial charge is 0.372 e. The van der Waals surface area contributed by atoms with Crippen molar-refractivity contribution in [2.24, 2.45) is 4.99 Å². The van der Waals surface area contributed by atoms with Crippen LogP contribution in [0, 0.1) is 0 Å². The first-order valence-electron chi connectivity index (χ1n) is 10.8. The SMILES string of the molecule is CN=C(NCCCCN1CCCC1)NC(C)c1cccc(N2CCCC2)c1.I. The fourth-order valence-electron chi connectivity index (χ4n) is 4.12. The van der Waals surface area contributed by atoms with Crippen LogP contribution in [0.25, 0.3) is 0 Å². The third-order valence-corrected chi connectivity index (χ3v) is 5.81. The average Bonchev–Trinajstić information content (AvgIpc) is 3.41. The van der Waals surface area contributed by atoms with Gasteiger partial charge in [0.15, 0.2) is 5.96 Å². The first-order chi connectivity index (χ1) is 13.3. The number of nitrogens with one attached hydrogen (secondary N) is 2. The fraction of sp³-hybridized carbons (Fsp3) is 0.682. The van der Waals surface area contributed by atoms with E-state index in [-0.39, 0.29) is 30.0 Å². The van der Waals surface area contributed by atoms with Crippen molar-refractivity contribution in [3.05, 3.63) is 29.8 Å². The second-order valence-electron chi connectivity index (χ2n) is 7.91. The van der Waals surface area contributed by atoms with Crippen LogP contribution >= 0.6 is 24.0 Å². The van der Waals surface area contributed by atoms with Crippen LogP contribution in [0.1, 0.15) is 57.1 Å². The number of unbranched alkanes of at least 4 members (excludes halogenated alkanes) is 1. The number of likely N-dealkylation sites (tertiary alicyclic amines) is 1. The van der Waals surface area contributed by atoms with Crippen LogP contribution in [0.15, 0.2) is 29.3 Å². The molecule has 0 bridgehead atoms. The molecule has 0 aliphatic carbocycles. The van der Waals surface area contributed by atoms with E-state index in [2.05, 4.69) is 56.6 Å². The highest BCUT2D eigenvalue weighted by Gasteiger charge is 2.14. The van der Waals surface area contributed by atoms with E-state index in [4.69, 9.17) is 0 Å². The molecule has 3 rings (SSSR count). The summed E-state index contributed by atoms with van der Waals surface area (Å²) in [5.74, 6) is 0.898. The number of guanidine groups is 1. The number of anilines is 1. The molecule has 1 aromatic carbocycles. The lowest BCUT2D eigenvalue weighted by Gasteiger charge is -2.22. The van der Waals surface area contributed by atoms with Gasteiger partial charge in [0.1, 0.15) is 0 Å². The molecule has 2 heterocycles. The number of benzene rings is 1. The number of aliphatic imine (C=N–C) groups is 1. The van der Waals surface area contributed by atoms with E-state index in [0.29, 0.717) is 0 Å². The Kier molecular flexibility index (Phi) is 10.4. The lowest BCUT2D eigenvalue weighted by Crippen LogP contribution is -2.39. The number of nitrogens with zero attached hydrogens (tertiary/aromatic N) is 3. The van der Waals surface area contributed by atoms with Crippen LogP contribution in [0.3, 0.4) is 0 Å². The maximum Gasteiger partial charge on any atom is 0.191 e. The predicted octanol–water partition coefficient (Wildman–Crippen LogP) is 4.01. The Bertz CT molecular complexity index is 594. The van der Waals surface area contributed by atoms with Crippen molar-refractivity contribution >= 4 is 35.6 Å². The Hall–Kier alpha value is -1.02. The van der Waals surface area contributed by atoms with Crippen molar-refractivity contribution in [2.45, 2.75) is 51.5 Å². The molecule has 158 valence electrons. The molecule has 1 aromatic rings. The summed E-state index contributed by atoms with van der Waals surface area (Å²) in [5, 5.41) is 7.02. The molecule has 1 atom stereocenters. The minimum absolute atomic E-state index is 0. The number of hydrogen-bond acceptors (Lipinski definition) is 3. The molecule has 1 unspecified atom stereocenters. The molecule has 2 aliphatic rings. The Morgan fingerprint density at radius 2 is 1.79 bits per heavy atom.